The van der Waals surface area contributed by atoms with E-state index in [0.717, 1.165) is 16.7 Å². The smallest absolute Gasteiger partial charge is 0.295 e. The fourth-order valence-electron chi connectivity index (χ4n) is 4.93. The summed E-state index contributed by atoms with van der Waals surface area (Å²) in [5.41, 5.74) is 4.44. The first kappa shape index (κ1) is 23.7. The Kier molecular flexibility index (Phi) is 5.80. The monoisotopic (exact) mass is 505 g/mol. The van der Waals surface area contributed by atoms with Crippen LogP contribution in [0.4, 0.5) is 10.1 Å². The fourth-order valence-corrected chi connectivity index (χ4v) is 4.93. The number of ether oxygens (including phenoxy) is 1. The first-order valence-electron chi connectivity index (χ1n) is 12.3. The van der Waals surface area contributed by atoms with Crippen molar-refractivity contribution in [2.75, 3.05) is 4.90 Å². The molecule has 0 saturated heterocycles. The van der Waals surface area contributed by atoms with Gasteiger partial charge in [0.1, 0.15) is 23.8 Å². The highest BCUT2D eigenvalue weighted by Gasteiger charge is 2.43. The molecule has 1 atom stereocenters. The molecule has 6 rings (SSSR count). The number of aryl methyl sites for hydroxylation is 2. The largest absolute Gasteiger partial charge is 0.489 e. The van der Waals surface area contributed by atoms with E-state index in [-0.39, 0.29) is 16.8 Å². The van der Waals surface area contributed by atoms with Crippen LogP contribution >= 0.6 is 0 Å². The van der Waals surface area contributed by atoms with E-state index in [2.05, 4.69) is 0 Å². The number of halogens is 1. The summed E-state index contributed by atoms with van der Waals surface area (Å²) in [6, 6.07) is 25.6. The van der Waals surface area contributed by atoms with E-state index in [1.807, 2.05) is 68.4 Å². The molecule has 1 aliphatic heterocycles. The summed E-state index contributed by atoms with van der Waals surface area (Å²) in [6.07, 6.45) is 0. The van der Waals surface area contributed by atoms with E-state index in [0.29, 0.717) is 34.6 Å². The highest BCUT2D eigenvalue weighted by Crippen LogP contribution is 2.42. The lowest BCUT2D eigenvalue weighted by atomic mass is 9.97. The minimum atomic E-state index is -0.773. The first-order valence-corrected chi connectivity index (χ1v) is 12.3. The van der Waals surface area contributed by atoms with E-state index in [1.165, 1.54) is 29.2 Å². The van der Waals surface area contributed by atoms with Crippen molar-refractivity contribution in [3.8, 4) is 5.75 Å². The Morgan fingerprint density at radius 2 is 1.61 bits per heavy atom. The highest BCUT2D eigenvalue weighted by molar-refractivity contribution is 6.10. The SMILES string of the molecule is Cc1cc2oc3c(c(=O)c2cc1C)C(c1cccc(OCc2ccccc2)c1)N(c1ccc(F)cc1)C3=O. The van der Waals surface area contributed by atoms with Crippen LogP contribution in [0.3, 0.4) is 0 Å². The number of benzene rings is 4. The van der Waals surface area contributed by atoms with Crippen molar-refractivity contribution < 1.29 is 18.3 Å². The number of hydrogen-bond acceptors (Lipinski definition) is 4. The van der Waals surface area contributed by atoms with Gasteiger partial charge in [-0.15, -0.1) is 0 Å². The van der Waals surface area contributed by atoms with Crippen LogP contribution in [0, 0.1) is 19.7 Å². The van der Waals surface area contributed by atoms with Gasteiger partial charge in [-0.3, -0.25) is 14.5 Å². The minimum Gasteiger partial charge on any atom is -0.489 e. The van der Waals surface area contributed by atoms with Gasteiger partial charge in [0.15, 0.2) is 5.43 Å². The molecular weight excluding hydrogens is 481 g/mol. The van der Waals surface area contributed by atoms with E-state index in [4.69, 9.17) is 9.15 Å². The highest BCUT2D eigenvalue weighted by atomic mass is 19.1. The molecule has 188 valence electrons. The Hall–Kier alpha value is -4.71. The lowest BCUT2D eigenvalue weighted by Crippen LogP contribution is -2.29. The van der Waals surface area contributed by atoms with Gasteiger partial charge >= 0.3 is 0 Å². The second-order valence-electron chi connectivity index (χ2n) is 9.51. The second kappa shape index (κ2) is 9.30. The van der Waals surface area contributed by atoms with Crippen LogP contribution in [0.25, 0.3) is 11.0 Å². The topological polar surface area (TPSA) is 59.8 Å². The number of anilines is 1. The van der Waals surface area contributed by atoms with Gasteiger partial charge in [0.2, 0.25) is 5.76 Å². The van der Waals surface area contributed by atoms with Crippen molar-refractivity contribution in [3.63, 3.8) is 0 Å². The molecule has 1 unspecified atom stereocenters. The lowest BCUT2D eigenvalue weighted by molar-refractivity contribution is 0.0971. The van der Waals surface area contributed by atoms with Gasteiger partial charge in [0, 0.05) is 5.69 Å². The molecule has 5 nitrogen and oxygen atoms in total. The maximum atomic E-state index is 13.9. The maximum Gasteiger partial charge on any atom is 0.295 e. The molecule has 38 heavy (non-hydrogen) atoms. The van der Waals surface area contributed by atoms with Gasteiger partial charge in [-0.2, -0.15) is 0 Å². The molecule has 0 bridgehead atoms. The molecule has 6 heteroatoms. The lowest BCUT2D eigenvalue weighted by Gasteiger charge is -2.25. The fraction of sp³-hybridized carbons (Fsp3) is 0.125. The second-order valence-corrected chi connectivity index (χ2v) is 9.51. The molecule has 1 aromatic heterocycles. The van der Waals surface area contributed by atoms with Gasteiger partial charge in [0.05, 0.1) is 17.0 Å². The predicted molar refractivity (Wildman–Crippen MR) is 144 cm³/mol. The van der Waals surface area contributed by atoms with E-state index in [1.54, 1.807) is 12.1 Å². The zero-order chi connectivity index (χ0) is 26.4. The first-order chi connectivity index (χ1) is 18.4. The molecule has 5 aromatic rings. The summed E-state index contributed by atoms with van der Waals surface area (Å²) in [4.78, 5) is 29.2. The van der Waals surface area contributed by atoms with Crippen LogP contribution < -0.4 is 15.1 Å². The van der Waals surface area contributed by atoms with Crippen LogP contribution in [0.2, 0.25) is 0 Å². The summed E-state index contributed by atoms with van der Waals surface area (Å²) in [5.74, 6) is -0.278. The van der Waals surface area contributed by atoms with Crippen molar-refractivity contribution in [2.24, 2.45) is 0 Å². The number of amides is 1. The molecule has 0 aliphatic carbocycles. The molecule has 0 radical (unpaired) electrons. The zero-order valence-corrected chi connectivity index (χ0v) is 20.9. The van der Waals surface area contributed by atoms with Gasteiger partial charge in [-0.25, -0.2) is 4.39 Å². The Morgan fingerprint density at radius 1 is 0.868 bits per heavy atom. The Bertz CT molecular complexity index is 1740. The molecule has 1 amide bonds. The van der Waals surface area contributed by atoms with Crippen molar-refractivity contribution in [1.82, 2.24) is 0 Å². The molecule has 4 aromatic carbocycles. The van der Waals surface area contributed by atoms with Crippen LogP contribution in [-0.2, 0) is 6.61 Å². The molecular formula is C32H24FNO4. The van der Waals surface area contributed by atoms with Gasteiger partial charge in [-0.1, -0.05) is 42.5 Å². The quantitative estimate of drug-likeness (QED) is 0.261. The number of nitrogens with zero attached hydrogens (tertiary/aromatic N) is 1. The van der Waals surface area contributed by atoms with Gasteiger partial charge in [0.25, 0.3) is 5.91 Å². The van der Waals surface area contributed by atoms with Crippen molar-refractivity contribution in [2.45, 2.75) is 26.5 Å². The number of fused-ring (bicyclic) bond motifs is 2. The maximum absolute atomic E-state index is 13.9. The zero-order valence-electron chi connectivity index (χ0n) is 20.9. The average Bonchev–Trinajstić information content (AvgIpc) is 3.22. The predicted octanol–water partition coefficient (Wildman–Crippen LogP) is 6.88. The molecule has 1 aliphatic rings. The van der Waals surface area contributed by atoms with Crippen molar-refractivity contribution in [1.29, 1.82) is 0 Å². The van der Waals surface area contributed by atoms with Crippen LogP contribution in [-0.4, -0.2) is 5.91 Å². The minimum absolute atomic E-state index is 0.00400. The van der Waals surface area contributed by atoms with Gasteiger partial charge < -0.3 is 9.15 Å². The van der Waals surface area contributed by atoms with Crippen LogP contribution in [0.1, 0.15) is 44.4 Å². The third kappa shape index (κ3) is 4.04. The van der Waals surface area contributed by atoms with E-state index in [9.17, 15) is 14.0 Å². The number of rotatable bonds is 5. The molecule has 0 fully saturated rings. The molecule has 0 saturated carbocycles. The summed E-state index contributed by atoms with van der Waals surface area (Å²) in [5, 5.41) is 0.419. The van der Waals surface area contributed by atoms with Crippen molar-refractivity contribution >= 4 is 22.6 Å². The van der Waals surface area contributed by atoms with Crippen LogP contribution in [0.15, 0.2) is 100 Å². The molecule has 0 N–H and O–H groups in total. The average molecular weight is 506 g/mol. The molecule has 2 heterocycles. The summed E-state index contributed by atoms with van der Waals surface area (Å²) < 4.78 is 25.9. The van der Waals surface area contributed by atoms with Crippen molar-refractivity contribution in [3.05, 3.63) is 141 Å². The number of carbonyl (C=O) groups is 1. The van der Waals surface area contributed by atoms with E-state index >= 15 is 0 Å². The molecule has 0 spiro atoms. The van der Waals surface area contributed by atoms with Crippen LogP contribution in [0.5, 0.6) is 5.75 Å². The normalized spacial score (nSPS) is 14.7. The summed E-state index contributed by atoms with van der Waals surface area (Å²) in [6.45, 7) is 4.23. The van der Waals surface area contributed by atoms with E-state index < -0.39 is 17.8 Å². The third-order valence-electron chi connectivity index (χ3n) is 7.01. The Morgan fingerprint density at radius 3 is 2.37 bits per heavy atom. The third-order valence-corrected chi connectivity index (χ3v) is 7.01. The Balaban J connectivity index is 1.51. The van der Waals surface area contributed by atoms with Gasteiger partial charge in [-0.05, 0) is 84.6 Å². The summed E-state index contributed by atoms with van der Waals surface area (Å²) in [7, 11) is 0. The Labute approximate surface area is 218 Å². The number of hydrogen-bond donors (Lipinski definition) is 0. The standard InChI is InChI=1S/C32H24FNO4/c1-19-15-26-27(16-20(19)2)38-31-28(30(26)35)29(34(32(31)36)24-13-11-23(33)12-14-24)22-9-6-10-25(17-22)37-18-21-7-4-3-5-8-21/h3-17,29H,18H2,1-2H3. The number of carbonyl (C=O) groups excluding carboxylic acids is 1. The summed E-state index contributed by atoms with van der Waals surface area (Å²) >= 11 is 0.